The molecule has 1 unspecified atom stereocenters. The highest BCUT2D eigenvalue weighted by atomic mass is 19.4. The van der Waals surface area contributed by atoms with Gasteiger partial charge in [0.1, 0.15) is 5.82 Å². The zero-order valence-corrected chi connectivity index (χ0v) is 13.0. The Morgan fingerprint density at radius 1 is 1.29 bits per heavy atom. The molecule has 1 saturated heterocycles. The molecule has 0 saturated carbocycles. The van der Waals surface area contributed by atoms with Crippen molar-refractivity contribution in [3.05, 3.63) is 35.6 Å². The number of nitrogens with zero attached hydrogens (tertiary/aromatic N) is 1. The van der Waals surface area contributed by atoms with Gasteiger partial charge in [-0.25, -0.2) is 4.39 Å². The smallest absolute Gasteiger partial charge is 0.386 e. The maximum Gasteiger partial charge on any atom is 0.391 e. The number of benzene rings is 1. The fraction of sp³-hybridized carbons (Fsp3) is 0.562. The van der Waals surface area contributed by atoms with E-state index in [1.165, 1.54) is 18.2 Å². The number of amides is 1. The Labute approximate surface area is 137 Å². The van der Waals surface area contributed by atoms with Gasteiger partial charge in [0.05, 0.1) is 18.6 Å². The van der Waals surface area contributed by atoms with E-state index < -0.39 is 29.9 Å². The lowest BCUT2D eigenvalue weighted by atomic mass is 9.96. The predicted molar refractivity (Wildman–Crippen MR) is 79.6 cm³/mol. The van der Waals surface area contributed by atoms with E-state index in [0.717, 1.165) is 0 Å². The Hall–Kier alpha value is -1.67. The predicted octanol–water partition coefficient (Wildman–Crippen LogP) is 2.25. The van der Waals surface area contributed by atoms with Gasteiger partial charge < -0.3 is 10.4 Å². The standard InChI is InChI=1S/C16H20F4N2O2/c17-13-4-2-1-3-12(13)14(23)9-21-15(24)10-22-7-5-11(6-8-22)16(18,19)20/h1-4,11,14,23H,5-10H2,(H,21,24). The van der Waals surface area contributed by atoms with Crippen molar-refractivity contribution in [1.82, 2.24) is 10.2 Å². The molecule has 24 heavy (non-hydrogen) atoms. The van der Waals surface area contributed by atoms with Gasteiger partial charge in [0.25, 0.3) is 0 Å². The summed E-state index contributed by atoms with van der Waals surface area (Å²) in [6, 6.07) is 5.71. The lowest BCUT2D eigenvalue weighted by Gasteiger charge is -2.32. The first-order valence-corrected chi connectivity index (χ1v) is 7.75. The number of alkyl halides is 3. The van der Waals surface area contributed by atoms with Crippen molar-refractivity contribution < 1.29 is 27.5 Å². The maximum atomic E-state index is 13.5. The lowest BCUT2D eigenvalue weighted by Crippen LogP contribution is -2.44. The van der Waals surface area contributed by atoms with Crippen LogP contribution in [-0.2, 0) is 4.79 Å². The molecule has 4 nitrogen and oxygen atoms in total. The van der Waals surface area contributed by atoms with Crippen molar-refractivity contribution in [1.29, 1.82) is 0 Å². The Balaban J connectivity index is 1.74. The highest BCUT2D eigenvalue weighted by Crippen LogP contribution is 2.33. The van der Waals surface area contributed by atoms with Crippen LogP contribution in [0.25, 0.3) is 0 Å². The van der Waals surface area contributed by atoms with Crippen LogP contribution < -0.4 is 5.32 Å². The van der Waals surface area contributed by atoms with E-state index in [9.17, 15) is 27.5 Å². The second-order valence-corrected chi connectivity index (χ2v) is 5.93. The molecular weight excluding hydrogens is 328 g/mol. The molecule has 0 aliphatic carbocycles. The molecule has 1 heterocycles. The van der Waals surface area contributed by atoms with Crippen LogP contribution in [0.5, 0.6) is 0 Å². The van der Waals surface area contributed by atoms with Crippen molar-refractivity contribution >= 4 is 5.91 Å². The van der Waals surface area contributed by atoms with E-state index in [2.05, 4.69) is 5.32 Å². The summed E-state index contributed by atoms with van der Waals surface area (Å²) in [6.07, 6.45) is -5.40. The topological polar surface area (TPSA) is 52.6 Å². The zero-order chi connectivity index (χ0) is 17.7. The molecule has 2 N–H and O–H groups in total. The van der Waals surface area contributed by atoms with E-state index in [0.29, 0.717) is 0 Å². The van der Waals surface area contributed by atoms with Gasteiger partial charge in [0.2, 0.25) is 5.91 Å². The van der Waals surface area contributed by atoms with Crippen molar-refractivity contribution in [2.75, 3.05) is 26.2 Å². The van der Waals surface area contributed by atoms with E-state index in [1.54, 1.807) is 11.0 Å². The third-order valence-electron chi connectivity index (χ3n) is 4.17. The highest BCUT2D eigenvalue weighted by molar-refractivity contribution is 5.78. The number of nitrogens with one attached hydrogen (secondary N) is 1. The number of hydrogen-bond donors (Lipinski definition) is 2. The number of carbonyl (C=O) groups is 1. The van der Waals surface area contributed by atoms with Gasteiger partial charge in [-0.2, -0.15) is 13.2 Å². The quantitative estimate of drug-likeness (QED) is 0.803. The molecule has 1 aromatic carbocycles. The van der Waals surface area contributed by atoms with Gasteiger partial charge in [-0.1, -0.05) is 18.2 Å². The molecule has 1 atom stereocenters. The van der Waals surface area contributed by atoms with Crippen LogP contribution in [0, 0.1) is 11.7 Å². The van der Waals surface area contributed by atoms with Crippen molar-refractivity contribution in [3.63, 3.8) is 0 Å². The summed E-state index contributed by atoms with van der Waals surface area (Å²) in [5.41, 5.74) is 0.0868. The third-order valence-corrected chi connectivity index (χ3v) is 4.17. The summed E-state index contributed by atoms with van der Waals surface area (Å²) in [5.74, 6) is -2.27. The number of likely N-dealkylation sites (tertiary alicyclic amines) is 1. The van der Waals surface area contributed by atoms with Gasteiger partial charge >= 0.3 is 6.18 Å². The Morgan fingerprint density at radius 3 is 2.50 bits per heavy atom. The van der Waals surface area contributed by atoms with Crippen LogP contribution in [0.3, 0.4) is 0 Å². The average Bonchev–Trinajstić information content (AvgIpc) is 2.53. The molecule has 1 aliphatic rings. The number of rotatable bonds is 5. The monoisotopic (exact) mass is 348 g/mol. The Bertz CT molecular complexity index is 557. The summed E-state index contributed by atoms with van der Waals surface area (Å²) in [6.45, 7) is 0.217. The van der Waals surface area contributed by atoms with E-state index in [-0.39, 0.29) is 44.6 Å². The van der Waals surface area contributed by atoms with Gasteiger partial charge in [-0.15, -0.1) is 0 Å². The van der Waals surface area contributed by atoms with Crippen LogP contribution in [0.4, 0.5) is 17.6 Å². The Morgan fingerprint density at radius 2 is 1.92 bits per heavy atom. The SMILES string of the molecule is O=C(CN1CCC(C(F)(F)F)CC1)NCC(O)c1ccccc1F. The third kappa shape index (κ3) is 5.17. The second kappa shape index (κ2) is 7.94. The molecule has 0 radical (unpaired) electrons. The minimum atomic E-state index is -4.18. The van der Waals surface area contributed by atoms with Crippen molar-refractivity contribution in [2.24, 2.45) is 5.92 Å². The molecule has 134 valence electrons. The second-order valence-electron chi connectivity index (χ2n) is 5.93. The van der Waals surface area contributed by atoms with Crippen LogP contribution in [0.1, 0.15) is 24.5 Å². The van der Waals surface area contributed by atoms with Gasteiger partial charge in [-0.3, -0.25) is 9.69 Å². The van der Waals surface area contributed by atoms with E-state index in [4.69, 9.17) is 0 Å². The molecule has 0 spiro atoms. The van der Waals surface area contributed by atoms with Gasteiger partial charge in [-0.05, 0) is 32.0 Å². The van der Waals surface area contributed by atoms with Crippen LogP contribution in [0.2, 0.25) is 0 Å². The van der Waals surface area contributed by atoms with Crippen LogP contribution >= 0.6 is 0 Å². The highest BCUT2D eigenvalue weighted by Gasteiger charge is 2.41. The molecule has 2 rings (SSSR count). The van der Waals surface area contributed by atoms with Crippen LogP contribution in [0.15, 0.2) is 24.3 Å². The lowest BCUT2D eigenvalue weighted by molar-refractivity contribution is -0.185. The summed E-state index contributed by atoms with van der Waals surface area (Å²) >= 11 is 0. The van der Waals surface area contributed by atoms with Gasteiger partial charge in [0, 0.05) is 12.1 Å². The number of aliphatic hydroxyl groups excluding tert-OH is 1. The van der Waals surface area contributed by atoms with E-state index >= 15 is 0 Å². The molecule has 0 bridgehead atoms. The number of piperidine rings is 1. The summed E-state index contributed by atoms with van der Waals surface area (Å²) in [5, 5.41) is 12.4. The first-order chi connectivity index (χ1) is 11.3. The minimum absolute atomic E-state index is 0.0192. The molecule has 0 aromatic heterocycles. The number of halogens is 4. The summed E-state index contributed by atoms with van der Waals surface area (Å²) in [4.78, 5) is 13.5. The molecule has 1 aromatic rings. The molecule has 1 amide bonds. The molecule has 1 fully saturated rings. The average molecular weight is 348 g/mol. The largest absolute Gasteiger partial charge is 0.391 e. The normalized spacial score (nSPS) is 18.4. The molecule has 8 heteroatoms. The maximum absolute atomic E-state index is 13.5. The fourth-order valence-electron chi connectivity index (χ4n) is 2.74. The first kappa shape index (κ1) is 18.7. The van der Waals surface area contributed by atoms with Gasteiger partial charge in [0.15, 0.2) is 0 Å². The zero-order valence-electron chi connectivity index (χ0n) is 13.0. The number of hydrogen-bond acceptors (Lipinski definition) is 3. The van der Waals surface area contributed by atoms with Crippen molar-refractivity contribution in [2.45, 2.75) is 25.1 Å². The molecular formula is C16H20F4N2O2. The number of carbonyl (C=O) groups excluding carboxylic acids is 1. The summed E-state index contributed by atoms with van der Waals surface area (Å²) < 4.78 is 51.2. The summed E-state index contributed by atoms with van der Waals surface area (Å²) in [7, 11) is 0. The fourth-order valence-corrected chi connectivity index (χ4v) is 2.74. The minimum Gasteiger partial charge on any atom is -0.386 e. The molecule has 1 aliphatic heterocycles. The van der Waals surface area contributed by atoms with E-state index in [1.807, 2.05) is 0 Å². The van der Waals surface area contributed by atoms with Crippen molar-refractivity contribution in [3.8, 4) is 0 Å². The number of aliphatic hydroxyl groups is 1. The van der Waals surface area contributed by atoms with Crippen LogP contribution in [-0.4, -0.2) is 48.3 Å². The first-order valence-electron chi connectivity index (χ1n) is 7.75. The Kier molecular flexibility index (Phi) is 6.17.